The Bertz CT molecular complexity index is 604. The van der Waals surface area contributed by atoms with Gasteiger partial charge in [-0.3, -0.25) is 4.79 Å². The molecule has 0 unspecified atom stereocenters. The molecule has 2 aromatic carbocycles. The molecule has 21 heavy (non-hydrogen) atoms. The summed E-state index contributed by atoms with van der Waals surface area (Å²) in [6.07, 6.45) is 0. The van der Waals surface area contributed by atoms with E-state index in [1.54, 1.807) is 23.9 Å². The van der Waals surface area contributed by atoms with E-state index in [9.17, 15) is 9.18 Å². The first-order valence-electron chi connectivity index (χ1n) is 6.63. The molecular formula is C16H17FN2OS. The molecule has 3 nitrogen and oxygen atoms in total. The number of hydrogen-bond acceptors (Lipinski definition) is 3. The lowest BCUT2D eigenvalue weighted by molar-refractivity contribution is 0.1000. The summed E-state index contributed by atoms with van der Waals surface area (Å²) in [5.74, 6) is -0.118. The number of hydrogen-bond donors (Lipinski definition) is 2. The maximum absolute atomic E-state index is 13.7. The lowest BCUT2D eigenvalue weighted by Gasteiger charge is -2.07. The summed E-state index contributed by atoms with van der Waals surface area (Å²) in [5, 5.41) is 3.18. The average Bonchev–Trinajstić information content (AvgIpc) is 2.49. The third-order valence-electron chi connectivity index (χ3n) is 2.94. The second-order valence-corrected chi connectivity index (χ2v) is 5.68. The van der Waals surface area contributed by atoms with Gasteiger partial charge in [-0.1, -0.05) is 24.3 Å². The van der Waals surface area contributed by atoms with Gasteiger partial charge < -0.3 is 11.1 Å². The normalized spacial score (nSPS) is 10.5. The molecule has 0 saturated carbocycles. The first kappa shape index (κ1) is 15.5. The maximum Gasteiger partial charge on any atom is 0.248 e. The fourth-order valence-electron chi connectivity index (χ4n) is 1.82. The molecule has 5 heteroatoms. The minimum Gasteiger partial charge on any atom is -0.366 e. The van der Waals surface area contributed by atoms with E-state index in [2.05, 4.69) is 17.4 Å². The van der Waals surface area contributed by atoms with Crippen LogP contribution in [-0.2, 0) is 6.54 Å². The first-order valence-corrected chi connectivity index (χ1v) is 7.62. The molecule has 0 radical (unpaired) electrons. The number of rotatable bonds is 7. The zero-order valence-electron chi connectivity index (χ0n) is 11.5. The Morgan fingerprint density at radius 2 is 1.95 bits per heavy atom. The summed E-state index contributed by atoms with van der Waals surface area (Å²) in [6.45, 7) is 1.21. The quantitative estimate of drug-likeness (QED) is 0.611. The van der Waals surface area contributed by atoms with Crippen LogP contribution < -0.4 is 11.1 Å². The SMILES string of the molecule is NC(=O)c1ccc(CNCCSc2ccccc2)c(F)c1. The van der Waals surface area contributed by atoms with Gasteiger partial charge in [-0.25, -0.2) is 4.39 Å². The number of nitrogens with one attached hydrogen (secondary N) is 1. The van der Waals surface area contributed by atoms with Gasteiger partial charge in [0.15, 0.2) is 0 Å². The predicted molar refractivity (Wildman–Crippen MR) is 83.8 cm³/mol. The Morgan fingerprint density at radius 3 is 2.62 bits per heavy atom. The first-order chi connectivity index (χ1) is 10.2. The van der Waals surface area contributed by atoms with E-state index in [4.69, 9.17) is 5.73 Å². The number of carbonyl (C=O) groups is 1. The van der Waals surface area contributed by atoms with Gasteiger partial charge in [-0.05, 0) is 24.3 Å². The summed E-state index contributed by atoms with van der Waals surface area (Å²) in [4.78, 5) is 12.2. The van der Waals surface area contributed by atoms with Crippen molar-refractivity contribution in [2.24, 2.45) is 5.73 Å². The zero-order chi connectivity index (χ0) is 15.1. The molecule has 0 atom stereocenters. The molecule has 2 aromatic rings. The molecule has 0 bridgehead atoms. The summed E-state index contributed by atoms with van der Waals surface area (Å²) < 4.78 is 13.7. The van der Waals surface area contributed by atoms with E-state index >= 15 is 0 Å². The molecule has 0 aliphatic heterocycles. The Hall–Kier alpha value is -1.85. The lowest BCUT2D eigenvalue weighted by atomic mass is 10.1. The third-order valence-corrected chi connectivity index (χ3v) is 3.96. The van der Waals surface area contributed by atoms with E-state index in [0.717, 1.165) is 12.3 Å². The molecule has 0 aliphatic carbocycles. The molecule has 110 valence electrons. The highest BCUT2D eigenvalue weighted by Crippen LogP contribution is 2.16. The van der Waals surface area contributed by atoms with Gasteiger partial charge in [-0.2, -0.15) is 0 Å². The van der Waals surface area contributed by atoms with Crippen LogP contribution in [0.3, 0.4) is 0 Å². The average molecular weight is 304 g/mol. The van der Waals surface area contributed by atoms with Crippen molar-refractivity contribution in [3.8, 4) is 0 Å². The Morgan fingerprint density at radius 1 is 1.19 bits per heavy atom. The second-order valence-electron chi connectivity index (χ2n) is 4.51. The molecule has 0 heterocycles. The number of benzene rings is 2. The van der Waals surface area contributed by atoms with Gasteiger partial charge in [0.05, 0.1) is 0 Å². The van der Waals surface area contributed by atoms with Crippen molar-refractivity contribution in [2.75, 3.05) is 12.3 Å². The topological polar surface area (TPSA) is 55.1 Å². The van der Waals surface area contributed by atoms with Crippen molar-refractivity contribution < 1.29 is 9.18 Å². The zero-order valence-corrected chi connectivity index (χ0v) is 12.3. The monoisotopic (exact) mass is 304 g/mol. The highest BCUT2D eigenvalue weighted by Gasteiger charge is 2.06. The summed E-state index contributed by atoms with van der Waals surface area (Å²) in [5.41, 5.74) is 5.83. The van der Waals surface area contributed by atoms with Crippen LogP contribution in [0.15, 0.2) is 53.4 Å². The Balaban J connectivity index is 1.75. The van der Waals surface area contributed by atoms with Gasteiger partial charge in [0, 0.05) is 34.9 Å². The van der Waals surface area contributed by atoms with Crippen molar-refractivity contribution >= 4 is 17.7 Å². The Labute approximate surface area is 127 Å². The third kappa shape index (κ3) is 4.88. The molecule has 2 rings (SSSR count). The summed E-state index contributed by atoms with van der Waals surface area (Å²) in [6, 6.07) is 14.4. The number of nitrogens with two attached hydrogens (primary N) is 1. The molecular weight excluding hydrogens is 287 g/mol. The van der Waals surface area contributed by atoms with Crippen molar-refractivity contribution in [1.82, 2.24) is 5.32 Å². The van der Waals surface area contributed by atoms with E-state index in [-0.39, 0.29) is 5.56 Å². The number of primary amides is 1. The number of thioether (sulfide) groups is 1. The van der Waals surface area contributed by atoms with E-state index in [0.29, 0.717) is 12.1 Å². The van der Waals surface area contributed by atoms with Crippen molar-refractivity contribution in [1.29, 1.82) is 0 Å². The highest BCUT2D eigenvalue weighted by atomic mass is 32.2. The Kier molecular flexibility index (Phi) is 5.78. The molecule has 3 N–H and O–H groups in total. The van der Waals surface area contributed by atoms with E-state index < -0.39 is 11.7 Å². The van der Waals surface area contributed by atoms with Gasteiger partial charge in [0.25, 0.3) is 0 Å². The van der Waals surface area contributed by atoms with Crippen LogP contribution in [0, 0.1) is 5.82 Å². The van der Waals surface area contributed by atoms with E-state index in [1.807, 2.05) is 18.2 Å². The van der Waals surface area contributed by atoms with Gasteiger partial charge in [-0.15, -0.1) is 11.8 Å². The number of amides is 1. The molecule has 1 amide bonds. The minimum absolute atomic E-state index is 0.191. The van der Waals surface area contributed by atoms with Crippen LogP contribution in [0.25, 0.3) is 0 Å². The van der Waals surface area contributed by atoms with Crippen LogP contribution in [-0.4, -0.2) is 18.2 Å². The van der Waals surface area contributed by atoms with Crippen LogP contribution in [0.4, 0.5) is 4.39 Å². The molecule has 0 spiro atoms. The van der Waals surface area contributed by atoms with Crippen LogP contribution >= 0.6 is 11.8 Å². The number of carbonyl (C=O) groups excluding carboxylic acids is 1. The summed E-state index contributed by atoms with van der Waals surface area (Å²) >= 11 is 1.75. The van der Waals surface area contributed by atoms with Gasteiger partial charge in [0.1, 0.15) is 5.82 Å². The highest BCUT2D eigenvalue weighted by molar-refractivity contribution is 7.99. The number of halogens is 1. The molecule has 0 fully saturated rings. The van der Waals surface area contributed by atoms with Crippen molar-refractivity contribution in [3.63, 3.8) is 0 Å². The largest absolute Gasteiger partial charge is 0.366 e. The predicted octanol–water partition coefficient (Wildman–Crippen LogP) is 2.81. The van der Waals surface area contributed by atoms with E-state index in [1.165, 1.54) is 11.0 Å². The van der Waals surface area contributed by atoms with Crippen molar-refractivity contribution in [3.05, 3.63) is 65.5 Å². The molecule has 0 aromatic heterocycles. The van der Waals surface area contributed by atoms with Crippen molar-refractivity contribution in [2.45, 2.75) is 11.4 Å². The maximum atomic E-state index is 13.7. The summed E-state index contributed by atoms with van der Waals surface area (Å²) in [7, 11) is 0. The fraction of sp³-hybridized carbons (Fsp3) is 0.188. The molecule has 0 aliphatic rings. The van der Waals surface area contributed by atoms with Crippen LogP contribution in [0.5, 0.6) is 0 Å². The second kappa shape index (κ2) is 7.81. The smallest absolute Gasteiger partial charge is 0.248 e. The van der Waals surface area contributed by atoms with Crippen LogP contribution in [0.1, 0.15) is 15.9 Å². The van der Waals surface area contributed by atoms with Crippen LogP contribution in [0.2, 0.25) is 0 Å². The fourth-order valence-corrected chi connectivity index (χ4v) is 2.66. The lowest BCUT2D eigenvalue weighted by Crippen LogP contribution is -2.18. The standard InChI is InChI=1S/C16H17FN2OS/c17-15-10-12(16(18)20)6-7-13(15)11-19-8-9-21-14-4-2-1-3-5-14/h1-7,10,19H,8-9,11H2,(H2,18,20). The minimum atomic E-state index is -0.618. The molecule has 0 saturated heterocycles. The van der Waals surface area contributed by atoms with Gasteiger partial charge in [0.2, 0.25) is 5.91 Å². The van der Waals surface area contributed by atoms with Gasteiger partial charge >= 0.3 is 0 Å².